The first-order valence-corrected chi connectivity index (χ1v) is 5.55. The molecule has 6 nitrogen and oxygen atoms in total. The van der Waals surface area contributed by atoms with Gasteiger partial charge in [-0.05, 0) is 23.6 Å². The molecule has 100 valence electrons. The second-order valence-electron chi connectivity index (χ2n) is 4.14. The normalized spacial score (nSPS) is 11.3. The molecular formula is C12H17LiN2O4. The second-order valence-corrected chi connectivity index (χ2v) is 4.14. The molecule has 0 aliphatic carbocycles. The number of hydrogen-bond acceptors (Lipinski definition) is 4. The molecule has 0 saturated carbocycles. The molecule has 0 aliphatic rings. The molecule has 19 heavy (non-hydrogen) atoms. The Morgan fingerprint density at radius 2 is 2.00 bits per heavy atom. The number of carboxylic acid groups (broad SMARTS) is 1. The van der Waals surface area contributed by atoms with E-state index in [0.29, 0.717) is 0 Å². The van der Waals surface area contributed by atoms with Crippen LogP contribution in [0.3, 0.4) is 0 Å². The first kappa shape index (κ1) is 17.5. The third kappa shape index (κ3) is 6.27. The number of carboxylic acids is 1. The maximum atomic E-state index is 11.4. The van der Waals surface area contributed by atoms with Gasteiger partial charge in [0.15, 0.2) is 0 Å². The van der Waals surface area contributed by atoms with Crippen molar-refractivity contribution in [3.63, 3.8) is 0 Å². The van der Waals surface area contributed by atoms with Crippen molar-refractivity contribution in [3.05, 3.63) is 30.1 Å². The number of carbonyl (C=O) groups excluding carboxylic acids is 1. The number of alkyl carbamates (subject to hydrolysis) is 1. The first-order chi connectivity index (χ1) is 8.50. The molecule has 0 aliphatic heterocycles. The minimum atomic E-state index is -1.08. The average Bonchev–Trinajstić information content (AvgIpc) is 2.34. The van der Waals surface area contributed by atoms with Crippen molar-refractivity contribution in [2.24, 2.45) is 5.92 Å². The summed E-state index contributed by atoms with van der Waals surface area (Å²) in [5, 5.41) is 11.2. The van der Waals surface area contributed by atoms with Gasteiger partial charge in [-0.2, -0.15) is 0 Å². The number of aliphatic carboxylic acids is 1. The van der Waals surface area contributed by atoms with E-state index in [1.165, 1.54) is 0 Å². The van der Waals surface area contributed by atoms with E-state index in [4.69, 9.17) is 9.84 Å². The van der Waals surface area contributed by atoms with Crippen molar-refractivity contribution in [2.45, 2.75) is 26.5 Å². The van der Waals surface area contributed by atoms with Gasteiger partial charge in [-0.25, -0.2) is 9.59 Å². The number of nitrogens with one attached hydrogen (secondary N) is 1. The minimum absolute atomic E-state index is 0. The van der Waals surface area contributed by atoms with Crippen LogP contribution in [-0.4, -0.2) is 28.2 Å². The summed E-state index contributed by atoms with van der Waals surface area (Å²) in [4.78, 5) is 26.1. The van der Waals surface area contributed by atoms with E-state index < -0.39 is 18.1 Å². The third-order valence-corrected chi connectivity index (χ3v) is 2.33. The van der Waals surface area contributed by atoms with Crippen LogP contribution in [0.5, 0.6) is 0 Å². The van der Waals surface area contributed by atoms with Crippen molar-refractivity contribution >= 4 is 12.1 Å². The molecule has 0 bridgehead atoms. The SMILES string of the molecule is CC(C)[C@H](NC(=O)OCc1ccncc1)C(=O)O.[H-].[Li+]. The molecule has 0 spiro atoms. The fraction of sp³-hybridized carbons (Fsp3) is 0.417. The van der Waals surface area contributed by atoms with Crippen molar-refractivity contribution in [1.29, 1.82) is 0 Å². The summed E-state index contributed by atoms with van der Waals surface area (Å²) in [6.45, 7) is 3.50. The Hall–Kier alpha value is -1.51. The maximum Gasteiger partial charge on any atom is 1.00 e. The molecule has 1 rings (SSSR count). The zero-order valence-electron chi connectivity index (χ0n) is 12.3. The van der Waals surface area contributed by atoms with Crippen molar-refractivity contribution in [2.75, 3.05) is 0 Å². The number of ether oxygens (including phenoxy) is 1. The fourth-order valence-electron chi connectivity index (χ4n) is 1.31. The number of hydrogen-bond donors (Lipinski definition) is 2. The number of rotatable bonds is 5. The Labute approximate surface area is 125 Å². The molecule has 1 heterocycles. The maximum absolute atomic E-state index is 11.4. The largest absolute Gasteiger partial charge is 1.00 e. The summed E-state index contributed by atoms with van der Waals surface area (Å²) in [6, 6.07) is 2.48. The summed E-state index contributed by atoms with van der Waals surface area (Å²) in [5.41, 5.74) is 0.788. The van der Waals surface area contributed by atoms with Gasteiger partial charge in [0.05, 0.1) is 0 Å². The van der Waals surface area contributed by atoms with E-state index in [1.54, 1.807) is 38.4 Å². The van der Waals surface area contributed by atoms with E-state index in [-0.39, 0.29) is 32.8 Å². The van der Waals surface area contributed by atoms with Gasteiger partial charge in [-0.1, -0.05) is 13.8 Å². The predicted molar refractivity (Wildman–Crippen MR) is 64.9 cm³/mol. The van der Waals surface area contributed by atoms with Crippen LogP contribution in [0.1, 0.15) is 20.8 Å². The van der Waals surface area contributed by atoms with E-state index >= 15 is 0 Å². The summed E-state index contributed by atoms with van der Waals surface area (Å²) in [5.74, 6) is -1.29. The standard InChI is InChI=1S/C12H16N2O4.Li.H/c1-8(2)10(11(15)16)14-12(17)18-7-9-3-5-13-6-4-9;;/h3-6,8,10H,7H2,1-2H3,(H,14,17)(H,15,16);;/q;+1;-1/t10-;;/m0../s1. The van der Waals surface area contributed by atoms with Crippen LogP contribution in [-0.2, 0) is 16.1 Å². The van der Waals surface area contributed by atoms with Crippen molar-refractivity contribution in [1.82, 2.24) is 10.3 Å². The Bertz CT molecular complexity index is 417. The van der Waals surface area contributed by atoms with Crippen LogP contribution >= 0.6 is 0 Å². The van der Waals surface area contributed by atoms with E-state index in [0.717, 1.165) is 5.56 Å². The molecule has 0 fully saturated rings. The van der Waals surface area contributed by atoms with Crippen LogP contribution < -0.4 is 24.2 Å². The number of carbonyl (C=O) groups is 2. The number of pyridine rings is 1. The van der Waals surface area contributed by atoms with Gasteiger partial charge < -0.3 is 16.6 Å². The summed E-state index contributed by atoms with van der Waals surface area (Å²) in [6.07, 6.45) is 2.43. The zero-order chi connectivity index (χ0) is 13.5. The van der Waals surface area contributed by atoms with Crippen molar-refractivity contribution in [3.8, 4) is 0 Å². The molecule has 0 radical (unpaired) electrons. The molecule has 0 unspecified atom stereocenters. The van der Waals surface area contributed by atoms with Crippen LogP contribution in [0.25, 0.3) is 0 Å². The van der Waals surface area contributed by atoms with Crippen LogP contribution in [0.4, 0.5) is 4.79 Å². The average molecular weight is 260 g/mol. The van der Waals surface area contributed by atoms with Gasteiger partial charge in [-0.3, -0.25) is 4.98 Å². The summed E-state index contributed by atoms with van der Waals surface area (Å²) < 4.78 is 4.92. The smallest absolute Gasteiger partial charge is 1.00 e. The van der Waals surface area contributed by atoms with E-state index in [1.807, 2.05) is 0 Å². The van der Waals surface area contributed by atoms with Gasteiger partial charge in [-0.15, -0.1) is 0 Å². The van der Waals surface area contributed by atoms with E-state index in [2.05, 4.69) is 10.3 Å². The van der Waals surface area contributed by atoms with Crippen LogP contribution in [0.15, 0.2) is 24.5 Å². The molecule has 1 atom stereocenters. The second kappa shape index (κ2) is 8.57. The van der Waals surface area contributed by atoms with Crippen LogP contribution in [0.2, 0.25) is 0 Å². The topological polar surface area (TPSA) is 88.5 Å². The Morgan fingerprint density at radius 1 is 1.42 bits per heavy atom. The van der Waals surface area contributed by atoms with Crippen molar-refractivity contribution < 1.29 is 39.7 Å². The van der Waals surface area contributed by atoms with Gasteiger partial charge >= 0.3 is 30.9 Å². The summed E-state index contributed by atoms with van der Waals surface area (Å²) in [7, 11) is 0. The number of amides is 1. The fourth-order valence-corrected chi connectivity index (χ4v) is 1.31. The zero-order valence-corrected chi connectivity index (χ0v) is 11.3. The summed E-state index contributed by atoms with van der Waals surface area (Å²) >= 11 is 0. The Morgan fingerprint density at radius 3 is 2.47 bits per heavy atom. The molecular weight excluding hydrogens is 243 g/mol. The minimum Gasteiger partial charge on any atom is -1.00 e. The van der Waals surface area contributed by atoms with Gasteiger partial charge in [0.25, 0.3) is 0 Å². The number of nitrogens with zero attached hydrogens (tertiary/aromatic N) is 1. The molecule has 2 N–H and O–H groups in total. The molecule has 0 saturated heterocycles. The monoisotopic (exact) mass is 260 g/mol. The van der Waals surface area contributed by atoms with Gasteiger partial charge in [0, 0.05) is 12.4 Å². The molecule has 0 aromatic carbocycles. The molecule has 1 amide bonds. The number of aromatic nitrogens is 1. The van der Waals surface area contributed by atoms with Crippen LogP contribution in [0, 0.1) is 5.92 Å². The molecule has 1 aromatic rings. The van der Waals surface area contributed by atoms with E-state index in [9.17, 15) is 9.59 Å². The predicted octanol–water partition coefficient (Wildman–Crippen LogP) is -1.47. The van der Waals surface area contributed by atoms with Gasteiger partial charge in [0.2, 0.25) is 0 Å². The molecule has 7 heteroatoms. The first-order valence-electron chi connectivity index (χ1n) is 5.55. The molecule has 1 aromatic heterocycles. The quantitative estimate of drug-likeness (QED) is 0.631. The third-order valence-electron chi connectivity index (χ3n) is 2.33. The Kier molecular flexibility index (Phi) is 7.88. The van der Waals surface area contributed by atoms with Gasteiger partial charge in [0.1, 0.15) is 12.6 Å². The Balaban J connectivity index is 0.